The number of aryl methyl sites for hydroxylation is 2. The predicted octanol–water partition coefficient (Wildman–Crippen LogP) is 5.66. The van der Waals surface area contributed by atoms with E-state index in [2.05, 4.69) is 25.9 Å². The van der Waals surface area contributed by atoms with Crippen LogP contribution >= 0.6 is 0 Å². The number of rotatable bonds is 7. The highest BCUT2D eigenvalue weighted by molar-refractivity contribution is 5.94. The summed E-state index contributed by atoms with van der Waals surface area (Å²) in [5.41, 5.74) is 2.10. The van der Waals surface area contributed by atoms with Gasteiger partial charge in [-0.3, -0.25) is 9.78 Å². The SMILES string of the molecule is CCC(=O)Nc1cc2nc(C)c(-c3cc(NC(=O)NCCC(C)(C)F)c(F)cc3C)cc2cn1. The average Bonchev–Trinajstić information content (AvgIpc) is 2.74. The minimum Gasteiger partial charge on any atom is -0.338 e. The highest BCUT2D eigenvalue weighted by Gasteiger charge is 2.17. The second kappa shape index (κ2) is 10.1. The van der Waals surface area contributed by atoms with E-state index in [0.29, 0.717) is 34.6 Å². The molecule has 3 amide bonds. The van der Waals surface area contributed by atoms with Gasteiger partial charge >= 0.3 is 6.03 Å². The monoisotopic (exact) mass is 469 g/mol. The van der Waals surface area contributed by atoms with Gasteiger partial charge in [0.2, 0.25) is 5.91 Å². The van der Waals surface area contributed by atoms with Gasteiger partial charge in [-0.15, -0.1) is 0 Å². The molecule has 0 aliphatic rings. The molecule has 34 heavy (non-hydrogen) atoms. The van der Waals surface area contributed by atoms with Crippen LogP contribution in [0.4, 0.5) is 25.1 Å². The summed E-state index contributed by atoms with van der Waals surface area (Å²) in [7, 11) is 0. The van der Waals surface area contributed by atoms with Crippen LogP contribution in [0.5, 0.6) is 0 Å². The number of aromatic nitrogens is 2. The molecule has 2 heterocycles. The molecule has 0 atom stereocenters. The number of nitrogens with zero attached hydrogens (tertiary/aromatic N) is 2. The Morgan fingerprint density at radius 2 is 1.79 bits per heavy atom. The minimum atomic E-state index is -1.41. The molecule has 0 saturated heterocycles. The van der Waals surface area contributed by atoms with Crippen molar-refractivity contribution < 1.29 is 18.4 Å². The van der Waals surface area contributed by atoms with Gasteiger partial charge in [0.05, 0.1) is 11.2 Å². The zero-order chi connectivity index (χ0) is 25.0. The van der Waals surface area contributed by atoms with Crippen molar-refractivity contribution in [3.63, 3.8) is 0 Å². The van der Waals surface area contributed by atoms with Crippen molar-refractivity contribution in [1.29, 1.82) is 0 Å². The predicted molar refractivity (Wildman–Crippen MR) is 130 cm³/mol. The molecule has 2 aromatic heterocycles. The molecule has 9 heteroatoms. The summed E-state index contributed by atoms with van der Waals surface area (Å²) in [5.74, 6) is -0.295. The van der Waals surface area contributed by atoms with Crippen molar-refractivity contribution in [1.82, 2.24) is 15.3 Å². The number of benzene rings is 1. The summed E-state index contributed by atoms with van der Waals surface area (Å²) in [6.45, 7) is 8.34. The molecular formula is C25H29F2N5O2. The smallest absolute Gasteiger partial charge is 0.319 e. The van der Waals surface area contributed by atoms with Crippen LogP contribution in [0.1, 0.15) is 44.9 Å². The topological polar surface area (TPSA) is 96.0 Å². The number of nitrogens with one attached hydrogen (secondary N) is 3. The molecule has 0 saturated carbocycles. The lowest BCUT2D eigenvalue weighted by Gasteiger charge is -2.16. The summed E-state index contributed by atoms with van der Waals surface area (Å²) in [5, 5.41) is 8.51. The van der Waals surface area contributed by atoms with Crippen LogP contribution in [-0.2, 0) is 4.79 Å². The van der Waals surface area contributed by atoms with E-state index in [1.54, 1.807) is 32.2 Å². The standard InChI is InChI=1S/C25H29F2N5O2/c1-6-23(33)32-22-12-20-16(13-29-22)10-18(15(3)30-20)17-11-21(19(26)9-14(17)2)31-24(34)28-8-7-25(4,5)27/h9-13H,6-8H2,1-5H3,(H2,28,31,34)(H,29,32,33). The Labute approximate surface area is 197 Å². The fraction of sp³-hybridized carbons (Fsp3) is 0.360. The molecule has 0 aliphatic carbocycles. The largest absolute Gasteiger partial charge is 0.338 e. The van der Waals surface area contributed by atoms with Crippen molar-refractivity contribution >= 4 is 34.3 Å². The summed E-state index contributed by atoms with van der Waals surface area (Å²) in [4.78, 5) is 32.8. The zero-order valence-electron chi connectivity index (χ0n) is 20.0. The van der Waals surface area contributed by atoms with Gasteiger partial charge in [-0.05, 0) is 63.4 Å². The van der Waals surface area contributed by atoms with Crippen LogP contribution in [0.2, 0.25) is 0 Å². The Bertz CT molecular complexity index is 1240. The number of halogens is 2. The summed E-state index contributed by atoms with van der Waals surface area (Å²) >= 11 is 0. The number of fused-ring (bicyclic) bond motifs is 1. The first-order chi connectivity index (χ1) is 16.0. The Balaban J connectivity index is 1.89. The minimum absolute atomic E-state index is 0.00727. The zero-order valence-corrected chi connectivity index (χ0v) is 20.0. The first-order valence-corrected chi connectivity index (χ1v) is 11.1. The van der Waals surface area contributed by atoms with Crippen molar-refractivity contribution in [3.05, 3.63) is 47.5 Å². The van der Waals surface area contributed by atoms with Gasteiger partial charge in [0.25, 0.3) is 0 Å². The first kappa shape index (κ1) is 25.0. The maximum Gasteiger partial charge on any atom is 0.319 e. The highest BCUT2D eigenvalue weighted by Crippen LogP contribution is 2.32. The van der Waals surface area contributed by atoms with Crippen LogP contribution in [0.3, 0.4) is 0 Å². The molecule has 0 spiro atoms. The van der Waals surface area contributed by atoms with Gasteiger partial charge in [0, 0.05) is 41.9 Å². The van der Waals surface area contributed by atoms with Gasteiger partial charge in [-0.1, -0.05) is 6.92 Å². The Hall–Kier alpha value is -3.62. The van der Waals surface area contributed by atoms with E-state index in [4.69, 9.17) is 0 Å². The summed E-state index contributed by atoms with van der Waals surface area (Å²) < 4.78 is 28.2. The number of alkyl halides is 1. The number of urea groups is 1. The lowest BCUT2D eigenvalue weighted by Crippen LogP contribution is -2.32. The second-order valence-electron chi connectivity index (χ2n) is 8.78. The first-order valence-electron chi connectivity index (χ1n) is 11.1. The molecule has 0 unspecified atom stereocenters. The Morgan fingerprint density at radius 3 is 2.47 bits per heavy atom. The quantitative estimate of drug-likeness (QED) is 0.416. The molecular weight excluding hydrogens is 440 g/mol. The van der Waals surface area contributed by atoms with Crippen molar-refractivity contribution in [2.24, 2.45) is 0 Å². The molecule has 3 aromatic rings. The number of carbonyl (C=O) groups is 2. The summed E-state index contributed by atoms with van der Waals surface area (Å²) in [6.07, 6.45) is 2.10. The van der Waals surface area contributed by atoms with Gasteiger partial charge in [-0.25, -0.2) is 18.6 Å². The molecule has 0 radical (unpaired) electrons. The number of carbonyl (C=O) groups excluding carboxylic acids is 2. The number of hydrogen-bond donors (Lipinski definition) is 3. The molecule has 0 bridgehead atoms. The van der Waals surface area contributed by atoms with Gasteiger partial charge in [-0.2, -0.15) is 0 Å². The second-order valence-corrected chi connectivity index (χ2v) is 8.78. The lowest BCUT2D eigenvalue weighted by molar-refractivity contribution is -0.115. The van der Waals surface area contributed by atoms with Crippen LogP contribution in [-0.4, -0.2) is 34.1 Å². The molecule has 0 aliphatic heterocycles. The molecule has 3 N–H and O–H groups in total. The average molecular weight is 470 g/mol. The number of amides is 3. The third-order valence-electron chi connectivity index (χ3n) is 5.34. The third-order valence-corrected chi connectivity index (χ3v) is 5.34. The van der Waals surface area contributed by atoms with Gasteiger partial charge < -0.3 is 16.0 Å². The fourth-order valence-corrected chi connectivity index (χ4v) is 3.43. The van der Waals surface area contributed by atoms with Crippen LogP contribution in [0.25, 0.3) is 22.0 Å². The number of anilines is 2. The van der Waals surface area contributed by atoms with Crippen LogP contribution in [0, 0.1) is 19.7 Å². The Morgan fingerprint density at radius 1 is 1.06 bits per heavy atom. The number of pyridine rings is 2. The Kier molecular flexibility index (Phi) is 7.44. The maximum absolute atomic E-state index is 14.6. The third kappa shape index (κ3) is 6.24. The van der Waals surface area contributed by atoms with Crippen molar-refractivity contribution in [3.8, 4) is 11.1 Å². The van der Waals surface area contributed by atoms with Crippen molar-refractivity contribution in [2.45, 2.75) is 53.1 Å². The molecule has 180 valence electrons. The molecule has 3 rings (SSSR count). The lowest BCUT2D eigenvalue weighted by atomic mass is 9.97. The van der Waals surface area contributed by atoms with Crippen molar-refractivity contribution in [2.75, 3.05) is 17.2 Å². The van der Waals surface area contributed by atoms with E-state index in [1.165, 1.54) is 19.9 Å². The summed E-state index contributed by atoms with van der Waals surface area (Å²) in [6, 6.07) is 5.89. The van der Waals surface area contributed by atoms with E-state index in [0.717, 1.165) is 10.9 Å². The van der Waals surface area contributed by atoms with Gasteiger partial charge in [0.15, 0.2) is 0 Å². The highest BCUT2D eigenvalue weighted by atomic mass is 19.1. The molecule has 0 fully saturated rings. The van der Waals surface area contributed by atoms with E-state index in [-0.39, 0.29) is 24.6 Å². The van der Waals surface area contributed by atoms with Gasteiger partial charge in [0.1, 0.15) is 17.3 Å². The van der Waals surface area contributed by atoms with Crippen LogP contribution < -0.4 is 16.0 Å². The molecule has 7 nitrogen and oxygen atoms in total. The van der Waals surface area contributed by atoms with E-state index >= 15 is 0 Å². The van der Waals surface area contributed by atoms with E-state index in [9.17, 15) is 18.4 Å². The molecule has 1 aromatic carbocycles. The number of hydrogen-bond acceptors (Lipinski definition) is 4. The maximum atomic E-state index is 14.6. The van der Waals surface area contributed by atoms with E-state index in [1.807, 2.05) is 13.0 Å². The van der Waals surface area contributed by atoms with E-state index < -0.39 is 17.5 Å². The van der Waals surface area contributed by atoms with Crippen LogP contribution in [0.15, 0.2) is 30.5 Å². The fourth-order valence-electron chi connectivity index (χ4n) is 3.43. The normalized spacial score (nSPS) is 11.4.